The Kier molecular flexibility index (Phi) is 3.24. The molecule has 1 atom stereocenters. The molecule has 0 aromatic carbocycles. The molecule has 4 nitrogen and oxygen atoms in total. The molecule has 1 unspecified atom stereocenters. The van der Waals surface area contributed by atoms with Gasteiger partial charge in [-0.2, -0.15) is 5.10 Å². The quantitative estimate of drug-likeness (QED) is 0.887. The van der Waals surface area contributed by atoms with Crippen LogP contribution in [0.25, 0.3) is 0 Å². The predicted molar refractivity (Wildman–Crippen MR) is 66.8 cm³/mol. The number of thiazole rings is 1. The van der Waals surface area contributed by atoms with Crippen LogP contribution in [0, 0.1) is 6.92 Å². The zero-order valence-electron chi connectivity index (χ0n) is 9.77. The summed E-state index contributed by atoms with van der Waals surface area (Å²) in [7, 11) is 0. The maximum atomic E-state index is 4.46. The molecule has 2 aromatic rings. The molecular formula is C11H16N4S. The molecule has 0 amide bonds. The number of aryl methyl sites for hydroxylation is 2. The second kappa shape index (κ2) is 4.65. The van der Waals surface area contributed by atoms with Crippen LogP contribution in [-0.4, -0.2) is 14.8 Å². The van der Waals surface area contributed by atoms with Crippen molar-refractivity contribution in [1.82, 2.24) is 14.8 Å². The summed E-state index contributed by atoms with van der Waals surface area (Å²) in [5.74, 6) is 0. The van der Waals surface area contributed by atoms with Gasteiger partial charge in [-0.1, -0.05) is 0 Å². The Morgan fingerprint density at radius 3 is 2.94 bits per heavy atom. The number of nitrogens with zero attached hydrogens (tertiary/aromatic N) is 3. The molecule has 1 N–H and O–H groups in total. The second-order valence-electron chi connectivity index (χ2n) is 3.74. The number of hydrogen-bond acceptors (Lipinski definition) is 4. The fourth-order valence-electron chi connectivity index (χ4n) is 1.51. The molecule has 0 saturated carbocycles. The van der Waals surface area contributed by atoms with E-state index in [0.29, 0.717) is 0 Å². The normalized spacial score (nSPS) is 12.7. The van der Waals surface area contributed by atoms with E-state index in [1.54, 1.807) is 11.3 Å². The average Bonchev–Trinajstić information content (AvgIpc) is 2.87. The lowest BCUT2D eigenvalue weighted by Gasteiger charge is -2.10. The molecule has 0 radical (unpaired) electrons. The van der Waals surface area contributed by atoms with Crippen LogP contribution < -0.4 is 5.32 Å². The van der Waals surface area contributed by atoms with Crippen molar-refractivity contribution in [3.05, 3.63) is 28.5 Å². The number of rotatable bonds is 4. The molecule has 0 spiro atoms. The third-order valence-corrected chi connectivity index (χ3v) is 3.21. The average molecular weight is 236 g/mol. The van der Waals surface area contributed by atoms with Crippen LogP contribution in [0.3, 0.4) is 0 Å². The highest BCUT2D eigenvalue weighted by Crippen LogP contribution is 2.20. The van der Waals surface area contributed by atoms with Gasteiger partial charge < -0.3 is 5.32 Å². The molecule has 0 aliphatic carbocycles. The van der Waals surface area contributed by atoms with E-state index in [1.807, 2.05) is 24.0 Å². The van der Waals surface area contributed by atoms with Crippen LogP contribution in [0.2, 0.25) is 0 Å². The van der Waals surface area contributed by atoms with Gasteiger partial charge >= 0.3 is 0 Å². The van der Waals surface area contributed by atoms with Crippen molar-refractivity contribution in [2.75, 3.05) is 5.32 Å². The minimum atomic E-state index is 0.222. The van der Waals surface area contributed by atoms with Crippen LogP contribution in [0.4, 0.5) is 5.69 Å². The van der Waals surface area contributed by atoms with Crippen molar-refractivity contribution in [2.24, 2.45) is 0 Å². The molecule has 86 valence electrons. The van der Waals surface area contributed by atoms with Gasteiger partial charge in [0.1, 0.15) is 0 Å². The first-order valence-corrected chi connectivity index (χ1v) is 6.28. The summed E-state index contributed by atoms with van der Waals surface area (Å²) in [6, 6.07) is 0.222. The number of nitrogens with one attached hydrogen (secondary N) is 1. The first-order valence-electron chi connectivity index (χ1n) is 5.40. The monoisotopic (exact) mass is 236 g/mol. The van der Waals surface area contributed by atoms with Crippen LogP contribution >= 0.6 is 11.3 Å². The summed E-state index contributed by atoms with van der Waals surface area (Å²) in [4.78, 5) is 4.46. The number of anilines is 1. The van der Waals surface area contributed by atoms with Crippen molar-refractivity contribution in [2.45, 2.75) is 33.4 Å². The Labute approximate surface area is 99.3 Å². The first-order chi connectivity index (χ1) is 7.69. The molecule has 0 saturated heterocycles. The zero-order valence-corrected chi connectivity index (χ0v) is 10.6. The van der Waals surface area contributed by atoms with E-state index in [2.05, 4.69) is 34.6 Å². The molecule has 0 aliphatic heterocycles. The molecule has 5 heteroatoms. The van der Waals surface area contributed by atoms with Crippen molar-refractivity contribution in [1.29, 1.82) is 0 Å². The van der Waals surface area contributed by atoms with E-state index < -0.39 is 0 Å². The summed E-state index contributed by atoms with van der Waals surface area (Å²) in [6.45, 7) is 7.10. The SMILES string of the molecule is CCn1cc(NC(C)c2csc(C)n2)cn1. The maximum Gasteiger partial charge on any atom is 0.0898 e. The van der Waals surface area contributed by atoms with Gasteiger partial charge in [-0.15, -0.1) is 11.3 Å². The van der Waals surface area contributed by atoms with Gasteiger partial charge in [0.25, 0.3) is 0 Å². The van der Waals surface area contributed by atoms with E-state index >= 15 is 0 Å². The zero-order chi connectivity index (χ0) is 11.5. The fourth-order valence-corrected chi connectivity index (χ4v) is 2.22. The fraction of sp³-hybridized carbons (Fsp3) is 0.455. The second-order valence-corrected chi connectivity index (χ2v) is 4.80. The third kappa shape index (κ3) is 2.41. The van der Waals surface area contributed by atoms with E-state index in [1.165, 1.54) is 0 Å². The van der Waals surface area contributed by atoms with E-state index in [4.69, 9.17) is 0 Å². The Bertz CT molecular complexity index is 460. The number of aromatic nitrogens is 3. The highest BCUT2D eigenvalue weighted by atomic mass is 32.1. The van der Waals surface area contributed by atoms with Gasteiger partial charge in [-0.05, 0) is 20.8 Å². The summed E-state index contributed by atoms with van der Waals surface area (Å²) in [5, 5.41) is 10.8. The van der Waals surface area contributed by atoms with Gasteiger partial charge in [0.15, 0.2) is 0 Å². The van der Waals surface area contributed by atoms with Crippen LogP contribution in [0.1, 0.15) is 30.6 Å². The molecule has 2 heterocycles. The molecule has 2 aromatic heterocycles. The van der Waals surface area contributed by atoms with Crippen molar-refractivity contribution in [3.63, 3.8) is 0 Å². The lowest BCUT2D eigenvalue weighted by atomic mass is 10.2. The Hall–Kier alpha value is -1.36. The molecule has 2 rings (SSSR count). The minimum absolute atomic E-state index is 0.222. The van der Waals surface area contributed by atoms with Gasteiger partial charge in [0, 0.05) is 18.1 Å². The van der Waals surface area contributed by atoms with E-state index in [9.17, 15) is 0 Å². The summed E-state index contributed by atoms with van der Waals surface area (Å²) >= 11 is 1.68. The van der Waals surface area contributed by atoms with Gasteiger partial charge in [0.05, 0.1) is 28.6 Å². The maximum absolute atomic E-state index is 4.46. The Morgan fingerprint density at radius 1 is 1.56 bits per heavy atom. The van der Waals surface area contributed by atoms with Crippen LogP contribution in [-0.2, 0) is 6.54 Å². The smallest absolute Gasteiger partial charge is 0.0898 e. The lowest BCUT2D eigenvalue weighted by Crippen LogP contribution is -2.06. The Morgan fingerprint density at radius 2 is 2.38 bits per heavy atom. The first kappa shape index (κ1) is 11.1. The summed E-state index contributed by atoms with van der Waals surface area (Å²) in [5.41, 5.74) is 2.13. The molecule has 0 aliphatic rings. The largest absolute Gasteiger partial charge is 0.374 e. The predicted octanol–water partition coefficient (Wildman–Crippen LogP) is 2.84. The molecule has 16 heavy (non-hydrogen) atoms. The Balaban J connectivity index is 2.04. The van der Waals surface area contributed by atoms with E-state index in [0.717, 1.165) is 22.9 Å². The highest BCUT2D eigenvalue weighted by molar-refractivity contribution is 7.09. The van der Waals surface area contributed by atoms with E-state index in [-0.39, 0.29) is 6.04 Å². The van der Waals surface area contributed by atoms with Crippen molar-refractivity contribution in [3.8, 4) is 0 Å². The summed E-state index contributed by atoms with van der Waals surface area (Å²) < 4.78 is 1.90. The minimum Gasteiger partial charge on any atom is -0.374 e. The topological polar surface area (TPSA) is 42.7 Å². The van der Waals surface area contributed by atoms with Crippen LogP contribution in [0.5, 0.6) is 0 Å². The van der Waals surface area contributed by atoms with Crippen molar-refractivity contribution >= 4 is 17.0 Å². The standard InChI is InChI=1S/C11H16N4S/c1-4-15-6-10(5-12-15)13-8(2)11-7-16-9(3)14-11/h5-8,13H,4H2,1-3H3. The van der Waals surface area contributed by atoms with Crippen LogP contribution in [0.15, 0.2) is 17.8 Å². The lowest BCUT2D eigenvalue weighted by molar-refractivity contribution is 0.660. The van der Waals surface area contributed by atoms with Gasteiger partial charge in [-0.3, -0.25) is 4.68 Å². The molecule has 0 bridgehead atoms. The molecule has 0 fully saturated rings. The number of hydrogen-bond donors (Lipinski definition) is 1. The molecular weight excluding hydrogens is 220 g/mol. The summed E-state index contributed by atoms with van der Waals surface area (Å²) in [6.07, 6.45) is 3.86. The van der Waals surface area contributed by atoms with Gasteiger partial charge in [0.2, 0.25) is 0 Å². The highest BCUT2D eigenvalue weighted by Gasteiger charge is 2.09. The van der Waals surface area contributed by atoms with Gasteiger partial charge in [-0.25, -0.2) is 4.98 Å². The van der Waals surface area contributed by atoms with Crippen molar-refractivity contribution < 1.29 is 0 Å². The third-order valence-electron chi connectivity index (χ3n) is 2.42.